The third-order valence-electron chi connectivity index (χ3n) is 4.09. The molecule has 0 amide bonds. The van der Waals surface area contributed by atoms with Crippen LogP contribution in [0.5, 0.6) is 0 Å². The van der Waals surface area contributed by atoms with Crippen molar-refractivity contribution >= 4 is 23.4 Å². The third-order valence-corrected chi connectivity index (χ3v) is 5.21. The number of ether oxygens (including phenoxy) is 1. The molecule has 2 aromatic rings. The highest BCUT2D eigenvalue weighted by atomic mass is 32.2. The van der Waals surface area contributed by atoms with Crippen LogP contribution in [0, 0.1) is 0 Å². The minimum atomic E-state index is -0.134. The number of hydrogen-bond donors (Lipinski definition) is 2. The van der Waals surface area contributed by atoms with Crippen molar-refractivity contribution < 1.29 is 4.74 Å². The molecule has 1 aromatic carbocycles. The molecule has 0 unspecified atom stereocenters. The van der Waals surface area contributed by atoms with Crippen LogP contribution < -0.4 is 10.9 Å². The maximum absolute atomic E-state index is 11.9. The predicted molar refractivity (Wildman–Crippen MR) is 107 cm³/mol. The lowest BCUT2D eigenvalue weighted by molar-refractivity contribution is 0.0342. The van der Waals surface area contributed by atoms with Gasteiger partial charge in [-0.3, -0.25) is 14.7 Å². The van der Waals surface area contributed by atoms with Gasteiger partial charge in [-0.05, 0) is 22.9 Å². The van der Waals surface area contributed by atoms with E-state index < -0.39 is 0 Å². The van der Waals surface area contributed by atoms with E-state index in [2.05, 4.69) is 46.2 Å². The van der Waals surface area contributed by atoms with Crippen LogP contribution in [-0.2, 0) is 17.0 Å². The number of nitrogens with zero attached hydrogens (tertiary/aromatic N) is 2. The Kier molecular flexibility index (Phi) is 6.71. The molecule has 26 heavy (non-hydrogen) atoms. The highest BCUT2D eigenvalue weighted by Gasteiger charge is 2.10. The Labute approximate surface area is 158 Å². The Hall–Kier alpha value is -1.83. The molecule has 0 aliphatic carbocycles. The van der Waals surface area contributed by atoms with Gasteiger partial charge in [-0.25, -0.2) is 4.98 Å². The largest absolute Gasteiger partial charge is 0.379 e. The van der Waals surface area contributed by atoms with Gasteiger partial charge >= 0.3 is 0 Å². The summed E-state index contributed by atoms with van der Waals surface area (Å²) in [7, 11) is 0. The van der Waals surface area contributed by atoms with E-state index >= 15 is 0 Å². The number of rotatable bonds is 7. The summed E-state index contributed by atoms with van der Waals surface area (Å²) in [5.74, 6) is 1.21. The number of hydrogen-bond acceptors (Lipinski definition) is 6. The van der Waals surface area contributed by atoms with E-state index in [0.29, 0.717) is 11.2 Å². The summed E-state index contributed by atoms with van der Waals surface area (Å²) < 4.78 is 5.38. The highest BCUT2D eigenvalue weighted by molar-refractivity contribution is 7.99. The zero-order chi connectivity index (χ0) is 18.4. The molecule has 3 rings (SSSR count). The maximum Gasteiger partial charge on any atom is 0.252 e. The molecule has 0 radical (unpaired) electrons. The minimum Gasteiger partial charge on any atom is -0.379 e. The molecule has 1 aromatic heterocycles. The molecule has 140 valence electrons. The number of H-pyrrole nitrogens is 1. The van der Waals surface area contributed by atoms with E-state index in [1.807, 2.05) is 12.1 Å². The van der Waals surface area contributed by atoms with Crippen molar-refractivity contribution in [3.63, 3.8) is 0 Å². The van der Waals surface area contributed by atoms with Gasteiger partial charge in [-0.1, -0.05) is 26.0 Å². The van der Waals surface area contributed by atoms with Crippen molar-refractivity contribution in [2.45, 2.75) is 31.4 Å². The summed E-state index contributed by atoms with van der Waals surface area (Å²) in [5.41, 5.74) is 2.83. The van der Waals surface area contributed by atoms with Crippen LogP contribution in [0.15, 0.2) is 35.1 Å². The number of thioether (sulfide) groups is 1. The van der Waals surface area contributed by atoms with Crippen molar-refractivity contribution in [3.8, 4) is 0 Å². The van der Waals surface area contributed by atoms with E-state index in [9.17, 15) is 4.79 Å². The fourth-order valence-corrected chi connectivity index (χ4v) is 3.39. The Balaban J connectivity index is 1.62. The second-order valence-electron chi connectivity index (χ2n) is 6.66. The van der Waals surface area contributed by atoms with Gasteiger partial charge in [-0.2, -0.15) is 11.8 Å². The highest BCUT2D eigenvalue weighted by Crippen LogP contribution is 2.18. The summed E-state index contributed by atoms with van der Waals surface area (Å²) in [4.78, 5) is 21.5. The van der Waals surface area contributed by atoms with Gasteiger partial charge < -0.3 is 10.1 Å². The number of anilines is 2. The van der Waals surface area contributed by atoms with Crippen LogP contribution in [0.3, 0.4) is 0 Å². The first-order chi connectivity index (χ1) is 12.6. The number of morpholine rings is 1. The van der Waals surface area contributed by atoms with Crippen molar-refractivity contribution in [1.82, 2.24) is 14.9 Å². The van der Waals surface area contributed by atoms with Crippen molar-refractivity contribution in [3.05, 3.63) is 51.9 Å². The minimum absolute atomic E-state index is 0.134. The predicted octanol–water partition coefficient (Wildman–Crippen LogP) is 2.99. The molecular formula is C19H26N4O2S. The molecule has 0 saturated carbocycles. The number of benzene rings is 1. The number of aromatic nitrogens is 2. The van der Waals surface area contributed by atoms with E-state index in [-0.39, 0.29) is 5.56 Å². The number of aromatic amines is 1. The second kappa shape index (κ2) is 9.21. The second-order valence-corrected chi connectivity index (χ2v) is 8.22. The third kappa shape index (κ3) is 5.86. The van der Waals surface area contributed by atoms with Crippen molar-refractivity contribution in [2.24, 2.45) is 0 Å². The van der Waals surface area contributed by atoms with Gasteiger partial charge in [0.15, 0.2) is 0 Å². The average molecular weight is 375 g/mol. The summed E-state index contributed by atoms with van der Waals surface area (Å²) in [5, 5.41) is 3.70. The Bertz CT molecular complexity index is 755. The molecule has 6 nitrogen and oxygen atoms in total. The maximum atomic E-state index is 11.9. The van der Waals surface area contributed by atoms with Crippen molar-refractivity contribution in [2.75, 3.05) is 31.6 Å². The Morgan fingerprint density at radius 1 is 1.27 bits per heavy atom. The molecule has 1 aliphatic rings. The topological polar surface area (TPSA) is 70.2 Å². The van der Waals surface area contributed by atoms with Crippen molar-refractivity contribution in [1.29, 1.82) is 0 Å². The monoisotopic (exact) mass is 374 g/mol. The molecule has 2 N–H and O–H groups in total. The van der Waals surface area contributed by atoms with Gasteiger partial charge in [-0.15, -0.1) is 0 Å². The molecule has 1 saturated heterocycles. The van der Waals surface area contributed by atoms with Gasteiger partial charge in [0.2, 0.25) is 5.95 Å². The summed E-state index contributed by atoms with van der Waals surface area (Å²) in [6.45, 7) is 8.78. The van der Waals surface area contributed by atoms with Crippen LogP contribution in [-0.4, -0.2) is 46.4 Å². The van der Waals surface area contributed by atoms with Gasteiger partial charge in [0.05, 0.1) is 18.9 Å². The summed E-state index contributed by atoms with van der Waals surface area (Å²) >= 11 is 1.77. The zero-order valence-corrected chi connectivity index (χ0v) is 16.1. The normalized spacial score (nSPS) is 15.3. The van der Waals surface area contributed by atoms with Crippen LogP contribution in [0.25, 0.3) is 0 Å². The Morgan fingerprint density at radius 3 is 2.69 bits per heavy atom. The van der Waals surface area contributed by atoms with E-state index in [4.69, 9.17) is 4.74 Å². The first kappa shape index (κ1) is 18.9. The fourth-order valence-electron chi connectivity index (χ4n) is 2.74. The molecular weight excluding hydrogens is 348 g/mol. The Morgan fingerprint density at radius 2 is 2.00 bits per heavy atom. The molecule has 1 aliphatic heterocycles. The fraction of sp³-hybridized carbons (Fsp3) is 0.474. The zero-order valence-electron chi connectivity index (χ0n) is 15.3. The molecule has 0 bridgehead atoms. The molecule has 7 heteroatoms. The lowest BCUT2D eigenvalue weighted by Crippen LogP contribution is -2.35. The lowest BCUT2D eigenvalue weighted by atomic mass is 10.2. The molecule has 0 atom stereocenters. The average Bonchev–Trinajstić information content (AvgIpc) is 2.62. The SMILES string of the molecule is CC(C)SCc1cc(=O)[nH]c(Nc2ccc(CN3CCOCC3)cc2)n1. The molecule has 1 fully saturated rings. The summed E-state index contributed by atoms with van der Waals surface area (Å²) in [6.07, 6.45) is 0. The molecule has 2 heterocycles. The van der Waals surface area contributed by atoms with Crippen LogP contribution in [0.4, 0.5) is 11.6 Å². The quantitative estimate of drug-likeness (QED) is 0.776. The van der Waals surface area contributed by atoms with Gasteiger partial charge in [0, 0.05) is 37.1 Å². The van der Waals surface area contributed by atoms with Crippen LogP contribution in [0.1, 0.15) is 25.1 Å². The standard InChI is InChI=1S/C19H26N4O2S/c1-14(2)26-13-17-11-18(24)22-19(21-17)20-16-5-3-15(4-6-16)12-23-7-9-25-10-8-23/h3-6,11,14H,7-10,12-13H2,1-2H3,(H2,20,21,22,24). The summed E-state index contributed by atoms with van der Waals surface area (Å²) in [6, 6.07) is 9.81. The van der Waals surface area contributed by atoms with Gasteiger partial charge in [0.1, 0.15) is 0 Å². The first-order valence-electron chi connectivity index (χ1n) is 8.96. The van der Waals surface area contributed by atoms with Crippen LogP contribution >= 0.6 is 11.8 Å². The smallest absolute Gasteiger partial charge is 0.252 e. The number of nitrogens with one attached hydrogen (secondary N) is 2. The van der Waals surface area contributed by atoms with Gasteiger partial charge in [0.25, 0.3) is 5.56 Å². The van der Waals surface area contributed by atoms with E-state index in [1.54, 1.807) is 17.8 Å². The van der Waals surface area contributed by atoms with E-state index in [1.165, 1.54) is 5.56 Å². The first-order valence-corrected chi connectivity index (χ1v) is 10.0. The van der Waals surface area contributed by atoms with Crippen LogP contribution in [0.2, 0.25) is 0 Å². The molecule has 0 spiro atoms. The lowest BCUT2D eigenvalue weighted by Gasteiger charge is -2.26. The van der Waals surface area contributed by atoms with E-state index in [0.717, 1.165) is 50.0 Å².